The Kier molecular flexibility index (Phi) is 5.24. The first-order valence-electron chi connectivity index (χ1n) is 6.17. The van der Waals surface area contributed by atoms with Crippen LogP contribution in [0.15, 0.2) is 0 Å². The summed E-state index contributed by atoms with van der Waals surface area (Å²) in [7, 11) is 3.47. The van der Waals surface area contributed by atoms with Crippen molar-refractivity contribution in [2.75, 3.05) is 21.3 Å². The Bertz CT molecular complexity index is 410. The molecule has 7 heteroatoms. The molecule has 0 aromatic carbocycles. The van der Waals surface area contributed by atoms with E-state index in [-0.39, 0.29) is 31.5 Å². The monoisotopic (exact) mass is 286 g/mol. The SMILES string of the molecule is COC(=O)CC1CCC(=O)CC1(C(=O)OC)C(=O)OC. The summed E-state index contributed by atoms with van der Waals surface area (Å²) in [6.45, 7) is 0. The molecule has 1 aliphatic carbocycles. The van der Waals surface area contributed by atoms with Gasteiger partial charge in [0.05, 0.1) is 27.8 Å². The largest absolute Gasteiger partial charge is 0.469 e. The highest BCUT2D eigenvalue weighted by Crippen LogP contribution is 2.44. The van der Waals surface area contributed by atoms with Crippen LogP contribution >= 0.6 is 0 Å². The Morgan fingerprint density at radius 1 is 1.10 bits per heavy atom. The lowest BCUT2D eigenvalue weighted by Crippen LogP contribution is -2.51. The van der Waals surface area contributed by atoms with Gasteiger partial charge in [0.15, 0.2) is 5.41 Å². The number of ether oxygens (including phenoxy) is 3. The third kappa shape index (κ3) is 2.81. The van der Waals surface area contributed by atoms with E-state index in [1.165, 1.54) is 7.11 Å². The van der Waals surface area contributed by atoms with Gasteiger partial charge in [0.2, 0.25) is 0 Å². The maximum atomic E-state index is 12.1. The molecule has 1 rings (SSSR count). The summed E-state index contributed by atoms with van der Waals surface area (Å²) in [4.78, 5) is 47.3. The Morgan fingerprint density at radius 2 is 1.65 bits per heavy atom. The summed E-state index contributed by atoms with van der Waals surface area (Å²) < 4.78 is 13.9. The van der Waals surface area contributed by atoms with Crippen molar-refractivity contribution >= 4 is 23.7 Å². The van der Waals surface area contributed by atoms with E-state index in [0.717, 1.165) is 14.2 Å². The molecule has 0 amide bonds. The highest BCUT2D eigenvalue weighted by Gasteiger charge is 2.57. The third-order valence-corrected chi connectivity index (χ3v) is 3.68. The number of hydrogen-bond acceptors (Lipinski definition) is 7. The van der Waals surface area contributed by atoms with Crippen LogP contribution in [0.3, 0.4) is 0 Å². The second kappa shape index (κ2) is 6.49. The van der Waals surface area contributed by atoms with Crippen molar-refractivity contribution in [3.63, 3.8) is 0 Å². The molecule has 112 valence electrons. The molecule has 0 N–H and O–H groups in total. The Balaban J connectivity index is 3.21. The van der Waals surface area contributed by atoms with Crippen LogP contribution in [0.25, 0.3) is 0 Å². The van der Waals surface area contributed by atoms with Crippen LogP contribution in [0.5, 0.6) is 0 Å². The van der Waals surface area contributed by atoms with Crippen molar-refractivity contribution in [3.05, 3.63) is 0 Å². The summed E-state index contributed by atoms with van der Waals surface area (Å²) in [5.41, 5.74) is -1.76. The van der Waals surface area contributed by atoms with E-state index in [4.69, 9.17) is 0 Å². The van der Waals surface area contributed by atoms with Crippen molar-refractivity contribution in [2.45, 2.75) is 25.7 Å². The van der Waals surface area contributed by atoms with Crippen molar-refractivity contribution in [2.24, 2.45) is 11.3 Å². The molecule has 1 atom stereocenters. The fourth-order valence-electron chi connectivity index (χ4n) is 2.61. The van der Waals surface area contributed by atoms with Gasteiger partial charge in [0, 0.05) is 12.8 Å². The summed E-state index contributed by atoms with van der Waals surface area (Å²) in [5.74, 6) is -3.17. The molecule has 1 fully saturated rings. The number of rotatable bonds is 4. The smallest absolute Gasteiger partial charge is 0.323 e. The molecule has 0 saturated heterocycles. The van der Waals surface area contributed by atoms with Gasteiger partial charge in [-0.1, -0.05) is 0 Å². The number of hydrogen-bond donors (Lipinski definition) is 0. The predicted molar refractivity (Wildman–Crippen MR) is 65.4 cm³/mol. The zero-order valence-corrected chi connectivity index (χ0v) is 11.8. The molecule has 0 aromatic heterocycles. The van der Waals surface area contributed by atoms with E-state index in [2.05, 4.69) is 14.2 Å². The summed E-state index contributed by atoms with van der Waals surface area (Å²) in [5, 5.41) is 0. The molecule has 1 aliphatic rings. The lowest BCUT2D eigenvalue weighted by atomic mass is 9.64. The molecule has 0 aromatic rings. The molecule has 20 heavy (non-hydrogen) atoms. The number of carbonyl (C=O) groups is 4. The topological polar surface area (TPSA) is 96.0 Å². The predicted octanol–water partition coefficient (Wildman–Crippen LogP) is 0.251. The van der Waals surface area contributed by atoms with Crippen LogP contribution in [-0.4, -0.2) is 45.0 Å². The summed E-state index contributed by atoms with van der Waals surface area (Å²) in [6.07, 6.45) is -0.0163. The van der Waals surface area contributed by atoms with Gasteiger partial charge in [-0.3, -0.25) is 19.2 Å². The van der Waals surface area contributed by atoms with Gasteiger partial charge in [0.25, 0.3) is 0 Å². The minimum absolute atomic E-state index is 0.145. The molecule has 1 saturated carbocycles. The number of methoxy groups -OCH3 is 3. The van der Waals surface area contributed by atoms with Crippen LogP contribution in [0.2, 0.25) is 0 Å². The lowest BCUT2D eigenvalue weighted by molar-refractivity contribution is -0.179. The van der Waals surface area contributed by atoms with E-state index in [1.807, 2.05) is 0 Å². The lowest BCUT2D eigenvalue weighted by Gasteiger charge is -2.37. The Morgan fingerprint density at radius 3 is 2.10 bits per heavy atom. The van der Waals surface area contributed by atoms with Gasteiger partial charge >= 0.3 is 17.9 Å². The zero-order chi connectivity index (χ0) is 15.3. The van der Waals surface area contributed by atoms with Gasteiger partial charge in [-0.2, -0.15) is 0 Å². The fraction of sp³-hybridized carbons (Fsp3) is 0.692. The first-order chi connectivity index (χ1) is 9.42. The van der Waals surface area contributed by atoms with Crippen molar-refractivity contribution < 1.29 is 33.4 Å². The van der Waals surface area contributed by atoms with Crippen molar-refractivity contribution in [1.82, 2.24) is 0 Å². The molecule has 0 aliphatic heterocycles. The fourth-order valence-corrected chi connectivity index (χ4v) is 2.61. The van der Waals surface area contributed by atoms with E-state index < -0.39 is 29.2 Å². The average molecular weight is 286 g/mol. The second-order valence-electron chi connectivity index (χ2n) is 4.69. The highest BCUT2D eigenvalue weighted by molar-refractivity contribution is 6.05. The number of ketones is 1. The average Bonchev–Trinajstić information content (AvgIpc) is 2.46. The molecule has 1 unspecified atom stereocenters. The maximum Gasteiger partial charge on any atom is 0.323 e. The van der Waals surface area contributed by atoms with E-state index in [0.29, 0.717) is 0 Å². The molecule has 0 radical (unpaired) electrons. The van der Waals surface area contributed by atoms with Crippen LogP contribution in [0.4, 0.5) is 0 Å². The van der Waals surface area contributed by atoms with Crippen LogP contribution in [0, 0.1) is 11.3 Å². The first kappa shape index (κ1) is 16.1. The van der Waals surface area contributed by atoms with E-state index >= 15 is 0 Å². The minimum atomic E-state index is -1.76. The number of esters is 3. The zero-order valence-electron chi connectivity index (χ0n) is 11.8. The Hall–Kier alpha value is -1.92. The summed E-state index contributed by atoms with van der Waals surface area (Å²) >= 11 is 0. The molecule has 7 nitrogen and oxygen atoms in total. The highest BCUT2D eigenvalue weighted by atomic mass is 16.5. The maximum absolute atomic E-state index is 12.1. The van der Waals surface area contributed by atoms with Gasteiger partial charge in [-0.05, 0) is 12.3 Å². The van der Waals surface area contributed by atoms with Crippen molar-refractivity contribution in [1.29, 1.82) is 0 Å². The Labute approximate surface area is 116 Å². The number of Topliss-reactive ketones (excluding diaryl/α,β-unsaturated/α-hetero) is 1. The second-order valence-corrected chi connectivity index (χ2v) is 4.69. The van der Waals surface area contributed by atoms with Crippen molar-refractivity contribution in [3.8, 4) is 0 Å². The standard InChI is InChI=1S/C13H18O7/c1-18-10(15)6-8-4-5-9(14)7-13(8,11(16)19-2)12(17)20-3/h8H,4-7H2,1-3H3. The van der Waals surface area contributed by atoms with Gasteiger partial charge in [-0.25, -0.2) is 0 Å². The normalized spacial score (nSPS) is 20.9. The summed E-state index contributed by atoms with van der Waals surface area (Å²) in [6, 6.07) is 0. The molecule has 0 heterocycles. The van der Waals surface area contributed by atoms with Gasteiger partial charge in [-0.15, -0.1) is 0 Å². The van der Waals surface area contributed by atoms with Crippen LogP contribution < -0.4 is 0 Å². The minimum Gasteiger partial charge on any atom is -0.469 e. The van der Waals surface area contributed by atoms with E-state index in [1.54, 1.807) is 0 Å². The van der Waals surface area contributed by atoms with Crippen LogP contribution in [0.1, 0.15) is 25.7 Å². The molecule has 0 bridgehead atoms. The van der Waals surface area contributed by atoms with E-state index in [9.17, 15) is 19.2 Å². The molecular weight excluding hydrogens is 268 g/mol. The third-order valence-electron chi connectivity index (χ3n) is 3.68. The molecular formula is C13H18O7. The van der Waals surface area contributed by atoms with Gasteiger partial charge in [0.1, 0.15) is 5.78 Å². The number of carbonyl (C=O) groups excluding carboxylic acids is 4. The molecule has 0 spiro atoms. The first-order valence-corrected chi connectivity index (χ1v) is 6.17. The quantitative estimate of drug-likeness (QED) is 0.415. The van der Waals surface area contributed by atoms with Crippen LogP contribution in [-0.2, 0) is 33.4 Å². The van der Waals surface area contributed by atoms with Gasteiger partial charge < -0.3 is 14.2 Å².